The fourth-order valence-corrected chi connectivity index (χ4v) is 3.32. The summed E-state index contributed by atoms with van der Waals surface area (Å²) in [5.74, 6) is 1.20. The molecular formula is C13H13BrN6O. The van der Waals surface area contributed by atoms with Gasteiger partial charge in [-0.2, -0.15) is 5.21 Å². The van der Waals surface area contributed by atoms with Crippen LogP contribution in [0, 0.1) is 5.92 Å². The Hall–Kier alpha value is -1.80. The Morgan fingerprint density at radius 1 is 1.33 bits per heavy atom. The van der Waals surface area contributed by atoms with E-state index in [4.69, 9.17) is 0 Å². The van der Waals surface area contributed by atoms with Gasteiger partial charge in [0, 0.05) is 21.8 Å². The largest absolute Gasteiger partial charge is 0.325 e. The lowest BCUT2D eigenvalue weighted by Gasteiger charge is -2.14. The van der Waals surface area contributed by atoms with Crippen LogP contribution >= 0.6 is 15.9 Å². The first kappa shape index (κ1) is 12.9. The molecule has 0 spiro atoms. The quantitative estimate of drug-likeness (QED) is 0.777. The normalized spacial score (nSPS) is 26.4. The lowest BCUT2D eigenvalue weighted by Crippen LogP contribution is -2.37. The van der Waals surface area contributed by atoms with Crippen molar-refractivity contribution >= 4 is 27.5 Å². The second kappa shape index (κ2) is 4.88. The lowest BCUT2D eigenvalue weighted by molar-refractivity contribution is -0.118. The van der Waals surface area contributed by atoms with Crippen LogP contribution in [-0.2, 0) is 4.79 Å². The summed E-state index contributed by atoms with van der Waals surface area (Å²) in [7, 11) is 0. The molecule has 0 radical (unpaired) electrons. The van der Waals surface area contributed by atoms with Gasteiger partial charge in [-0.25, -0.2) is 0 Å². The molecule has 3 atom stereocenters. The molecule has 0 bridgehead atoms. The molecule has 1 aromatic carbocycles. The number of carbonyl (C=O) groups excluding carboxylic acids is 1. The minimum absolute atomic E-state index is 0.0133. The van der Waals surface area contributed by atoms with Crippen LogP contribution in [0.1, 0.15) is 12.8 Å². The highest BCUT2D eigenvalue weighted by atomic mass is 79.9. The number of benzene rings is 1. The van der Waals surface area contributed by atoms with Crippen molar-refractivity contribution < 1.29 is 4.79 Å². The minimum Gasteiger partial charge on any atom is -0.325 e. The maximum Gasteiger partial charge on any atom is 0.241 e. The molecule has 2 aromatic rings. The molecule has 4 rings (SSSR count). The summed E-state index contributed by atoms with van der Waals surface area (Å²) < 4.78 is 0.849. The summed E-state index contributed by atoms with van der Waals surface area (Å²) >= 11 is 3.44. The van der Waals surface area contributed by atoms with Crippen molar-refractivity contribution in [2.24, 2.45) is 5.92 Å². The maximum absolute atomic E-state index is 12.3. The molecule has 2 heterocycles. The molecule has 108 valence electrons. The monoisotopic (exact) mass is 348 g/mol. The average molecular weight is 349 g/mol. The number of hydrogen-bond acceptors (Lipinski definition) is 5. The third-order valence-corrected chi connectivity index (χ3v) is 4.42. The average Bonchev–Trinajstić information content (AvgIpc) is 2.92. The van der Waals surface area contributed by atoms with Crippen LogP contribution in [0.5, 0.6) is 0 Å². The number of nitrogens with one attached hydrogen (secondary N) is 3. The predicted octanol–water partition coefficient (Wildman–Crippen LogP) is 1.32. The predicted molar refractivity (Wildman–Crippen MR) is 79.4 cm³/mol. The van der Waals surface area contributed by atoms with Crippen molar-refractivity contribution in [2.75, 3.05) is 5.32 Å². The summed E-state index contributed by atoms with van der Waals surface area (Å²) in [6.45, 7) is 0. The van der Waals surface area contributed by atoms with E-state index in [9.17, 15) is 4.79 Å². The van der Waals surface area contributed by atoms with E-state index >= 15 is 0 Å². The number of hydrogen-bond donors (Lipinski definition) is 3. The Balaban J connectivity index is 1.53. The van der Waals surface area contributed by atoms with E-state index < -0.39 is 0 Å². The Kier molecular flexibility index (Phi) is 3.00. The van der Waals surface area contributed by atoms with Crippen LogP contribution in [0.2, 0.25) is 0 Å². The van der Waals surface area contributed by atoms with Gasteiger partial charge in [0.1, 0.15) is 0 Å². The Morgan fingerprint density at radius 3 is 2.95 bits per heavy atom. The fourth-order valence-electron chi connectivity index (χ4n) is 2.83. The Bertz CT molecular complexity index is 678. The molecule has 2 fully saturated rings. The van der Waals surface area contributed by atoms with Gasteiger partial charge >= 0.3 is 0 Å². The molecule has 3 N–H and O–H groups in total. The van der Waals surface area contributed by atoms with Gasteiger partial charge in [0.25, 0.3) is 0 Å². The summed E-state index contributed by atoms with van der Waals surface area (Å²) in [4.78, 5) is 12.3. The first-order valence-corrected chi connectivity index (χ1v) is 7.59. The van der Waals surface area contributed by atoms with Crippen LogP contribution in [0.15, 0.2) is 22.7 Å². The molecule has 2 aliphatic rings. The number of rotatable bonds is 3. The van der Waals surface area contributed by atoms with Crippen molar-refractivity contribution in [3.8, 4) is 11.4 Å². The van der Waals surface area contributed by atoms with Crippen LogP contribution < -0.4 is 10.6 Å². The molecule has 1 saturated carbocycles. The highest BCUT2D eigenvalue weighted by Crippen LogP contribution is 2.40. The molecule has 1 aromatic heterocycles. The van der Waals surface area contributed by atoms with E-state index in [0.29, 0.717) is 17.8 Å². The summed E-state index contributed by atoms with van der Waals surface area (Å²) in [5, 5.41) is 20.2. The molecule has 1 saturated heterocycles. The van der Waals surface area contributed by atoms with Gasteiger partial charge < -0.3 is 10.6 Å². The second-order valence-corrected chi connectivity index (χ2v) is 6.43. The Labute approximate surface area is 129 Å². The summed E-state index contributed by atoms with van der Waals surface area (Å²) in [6.07, 6.45) is 2.14. The van der Waals surface area contributed by atoms with E-state index in [2.05, 4.69) is 47.2 Å². The van der Waals surface area contributed by atoms with Crippen molar-refractivity contribution in [1.29, 1.82) is 0 Å². The lowest BCUT2D eigenvalue weighted by atomic mass is 10.1. The maximum atomic E-state index is 12.3. The first-order chi connectivity index (χ1) is 10.2. The number of fused-ring (bicyclic) bond motifs is 1. The number of tetrazole rings is 1. The van der Waals surface area contributed by atoms with Crippen LogP contribution in [-0.4, -0.2) is 38.6 Å². The number of carbonyl (C=O) groups is 1. The van der Waals surface area contributed by atoms with Gasteiger partial charge in [0.05, 0.1) is 6.04 Å². The number of halogens is 1. The van der Waals surface area contributed by atoms with Gasteiger partial charge in [-0.15, -0.1) is 10.2 Å². The standard InChI is InChI=1S/C13H13BrN6O/c14-8-1-7(12-17-19-20-18-12)2-9(5-8)15-13(21)11-4-6-3-10(6)16-11/h1-2,5-6,10-11,16H,3-4H2,(H,15,21)(H,17,18,19,20)/t6-,10-,11+/m1/s1. The van der Waals surface area contributed by atoms with Crippen molar-refractivity contribution in [3.05, 3.63) is 22.7 Å². The molecule has 1 aliphatic carbocycles. The SMILES string of the molecule is O=C(Nc1cc(Br)cc(-c2nn[nH]n2)c1)[C@@H]1C[C@H]2C[C@H]2N1. The highest BCUT2D eigenvalue weighted by Gasteiger charge is 2.47. The molecule has 8 heteroatoms. The second-order valence-electron chi connectivity index (χ2n) is 5.51. The molecule has 1 amide bonds. The van der Waals surface area contributed by atoms with Crippen LogP contribution in [0.25, 0.3) is 11.4 Å². The van der Waals surface area contributed by atoms with E-state index in [1.807, 2.05) is 18.2 Å². The van der Waals surface area contributed by atoms with Crippen molar-refractivity contribution in [2.45, 2.75) is 24.9 Å². The van der Waals surface area contributed by atoms with Crippen molar-refractivity contribution in [3.63, 3.8) is 0 Å². The summed E-state index contributed by atoms with van der Waals surface area (Å²) in [6, 6.07) is 6.05. The first-order valence-electron chi connectivity index (χ1n) is 6.80. The smallest absolute Gasteiger partial charge is 0.241 e. The minimum atomic E-state index is -0.0821. The number of aromatic amines is 1. The zero-order valence-corrected chi connectivity index (χ0v) is 12.6. The van der Waals surface area contributed by atoms with Gasteiger partial charge in [-0.1, -0.05) is 15.9 Å². The number of nitrogens with zero attached hydrogens (tertiary/aromatic N) is 3. The number of aromatic nitrogens is 4. The number of anilines is 1. The summed E-state index contributed by atoms with van der Waals surface area (Å²) in [5.41, 5.74) is 1.51. The molecule has 1 aliphatic heterocycles. The molecule has 0 unspecified atom stereocenters. The van der Waals surface area contributed by atoms with Crippen LogP contribution in [0.4, 0.5) is 5.69 Å². The highest BCUT2D eigenvalue weighted by molar-refractivity contribution is 9.10. The van der Waals surface area contributed by atoms with Crippen LogP contribution in [0.3, 0.4) is 0 Å². The third kappa shape index (κ3) is 2.56. The van der Waals surface area contributed by atoms with E-state index in [-0.39, 0.29) is 11.9 Å². The number of piperidine rings is 1. The van der Waals surface area contributed by atoms with E-state index in [0.717, 1.165) is 22.1 Å². The zero-order chi connectivity index (χ0) is 14.4. The van der Waals surface area contributed by atoms with Gasteiger partial charge in [0.15, 0.2) is 0 Å². The van der Waals surface area contributed by atoms with E-state index in [1.165, 1.54) is 6.42 Å². The zero-order valence-electron chi connectivity index (χ0n) is 11.0. The molecular weight excluding hydrogens is 336 g/mol. The molecule has 21 heavy (non-hydrogen) atoms. The van der Waals surface area contributed by atoms with Gasteiger partial charge in [0.2, 0.25) is 11.7 Å². The Morgan fingerprint density at radius 2 is 2.24 bits per heavy atom. The third-order valence-electron chi connectivity index (χ3n) is 3.96. The van der Waals surface area contributed by atoms with Gasteiger partial charge in [-0.3, -0.25) is 4.79 Å². The van der Waals surface area contributed by atoms with E-state index in [1.54, 1.807) is 0 Å². The number of H-pyrrole nitrogens is 1. The van der Waals surface area contributed by atoms with Gasteiger partial charge in [-0.05, 0) is 42.2 Å². The van der Waals surface area contributed by atoms with Crippen molar-refractivity contribution in [1.82, 2.24) is 25.9 Å². The number of amides is 1. The fraction of sp³-hybridized carbons (Fsp3) is 0.385. The topological polar surface area (TPSA) is 95.6 Å². The molecule has 7 nitrogen and oxygen atoms in total.